The van der Waals surface area contributed by atoms with Gasteiger partial charge in [0.25, 0.3) is 0 Å². The summed E-state index contributed by atoms with van der Waals surface area (Å²) >= 11 is 1.39. The maximum absolute atomic E-state index is 13.3. The Morgan fingerprint density at radius 3 is 2.57 bits per heavy atom. The van der Waals surface area contributed by atoms with Gasteiger partial charge in [0.1, 0.15) is 5.82 Å². The lowest BCUT2D eigenvalue weighted by molar-refractivity contribution is 0.0743. The van der Waals surface area contributed by atoms with E-state index in [0.29, 0.717) is 5.56 Å². The SMILES string of the molecule is CNSc1ccc(F)c(C(C)(C)O)c1. The van der Waals surface area contributed by atoms with Crippen LogP contribution in [0.25, 0.3) is 0 Å². The summed E-state index contributed by atoms with van der Waals surface area (Å²) in [7, 11) is 1.79. The molecule has 0 spiro atoms. The first-order chi connectivity index (χ1) is 6.45. The maximum atomic E-state index is 13.3. The molecule has 0 fully saturated rings. The average molecular weight is 215 g/mol. The van der Waals surface area contributed by atoms with Crippen molar-refractivity contribution in [3.8, 4) is 0 Å². The zero-order valence-corrected chi connectivity index (χ0v) is 9.28. The van der Waals surface area contributed by atoms with E-state index in [2.05, 4.69) is 4.72 Å². The van der Waals surface area contributed by atoms with Crippen LogP contribution in [0.1, 0.15) is 19.4 Å². The van der Waals surface area contributed by atoms with Crippen molar-refractivity contribution in [1.82, 2.24) is 4.72 Å². The lowest BCUT2D eigenvalue weighted by Gasteiger charge is -2.19. The summed E-state index contributed by atoms with van der Waals surface area (Å²) in [4.78, 5) is 0.881. The summed E-state index contributed by atoms with van der Waals surface area (Å²) < 4.78 is 16.2. The molecule has 4 heteroatoms. The van der Waals surface area contributed by atoms with E-state index in [1.54, 1.807) is 33.0 Å². The van der Waals surface area contributed by atoms with Crippen LogP contribution in [-0.4, -0.2) is 12.2 Å². The number of halogens is 1. The molecule has 0 bridgehead atoms. The molecule has 2 N–H and O–H groups in total. The molecule has 14 heavy (non-hydrogen) atoms. The molecule has 0 amide bonds. The molecule has 0 saturated carbocycles. The first kappa shape index (κ1) is 11.5. The van der Waals surface area contributed by atoms with Gasteiger partial charge in [-0.2, -0.15) is 0 Å². The lowest BCUT2D eigenvalue weighted by atomic mass is 9.98. The fourth-order valence-electron chi connectivity index (χ4n) is 1.15. The highest BCUT2D eigenvalue weighted by Gasteiger charge is 2.20. The molecule has 0 atom stereocenters. The van der Waals surface area contributed by atoms with Gasteiger partial charge in [0.15, 0.2) is 0 Å². The van der Waals surface area contributed by atoms with Gasteiger partial charge in [0.2, 0.25) is 0 Å². The standard InChI is InChI=1S/C10H14FNOS/c1-10(2,13)8-6-7(14-12-3)4-5-9(8)11/h4-6,12-13H,1-3H3. The molecule has 1 aromatic carbocycles. The van der Waals surface area contributed by atoms with Crippen LogP contribution in [0.4, 0.5) is 4.39 Å². The molecular weight excluding hydrogens is 201 g/mol. The minimum absolute atomic E-state index is 0.317. The van der Waals surface area contributed by atoms with Gasteiger partial charge in [-0.1, -0.05) is 0 Å². The second-order valence-electron chi connectivity index (χ2n) is 3.51. The number of aliphatic hydroxyl groups is 1. The van der Waals surface area contributed by atoms with Gasteiger partial charge in [-0.3, -0.25) is 4.72 Å². The Balaban J connectivity index is 3.09. The van der Waals surface area contributed by atoms with Crippen molar-refractivity contribution in [1.29, 1.82) is 0 Å². The van der Waals surface area contributed by atoms with Gasteiger partial charge in [-0.15, -0.1) is 0 Å². The van der Waals surface area contributed by atoms with E-state index in [1.165, 1.54) is 18.0 Å². The van der Waals surface area contributed by atoms with E-state index < -0.39 is 5.60 Å². The fraction of sp³-hybridized carbons (Fsp3) is 0.400. The Morgan fingerprint density at radius 2 is 2.07 bits per heavy atom. The Hall–Kier alpha value is -0.580. The molecule has 0 aromatic heterocycles. The van der Waals surface area contributed by atoms with E-state index in [0.717, 1.165) is 4.90 Å². The molecular formula is C10H14FNOS. The Kier molecular flexibility index (Phi) is 3.53. The van der Waals surface area contributed by atoms with Gasteiger partial charge in [0, 0.05) is 10.5 Å². The molecule has 1 rings (SSSR count). The first-order valence-electron chi connectivity index (χ1n) is 4.31. The van der Waals surface area contributed by atoms with E-state index in [4.69, 9.17) is 0 Å². The number of benzene rings is 1. The molecule has 78 valence electrons. The monoisotopic (exact) mass is 215 g/mol. The number of rotatable bonds is 3. The quantitative estimate of drug-likeness (QED) is 0.759. The third kappa shape index (κ3) is 2.70. The highest BCUT2D eigenvalue weighted by atomic mass is 32.2. The van der Waals surface area contributed by atoms with Crippen molar-refractivity contribution in [2.24, 2.45) is 0 Å². The lowest BCUT2D eigenvalue weighted by Crippen LogP contribution is -2.17. The van der Waals surface area contributed by atoms with Crippen molar-refractivity contribution in [3.05, 3.63) is 29.6 Å². The van der Waals surface area contributed by atoms with Crippen molar-refractivity contribution in [3.63, 3.8) is 0 Å². The van der Waals surface area contributed by atoms with Crippen molar-refractivity contribution >= 4 is 11.9 Å². The Bertz CT molecular complexity index is 322. The third-order valence-corrected chi connectivity index (χ3v) is 2.51. The van der Waals surface area contributed by atoms with Crippen molar-refractivity contribution < 1.29 is 9.50 Å². The Labute approximate surface area is 87.7 Å². The topological polar surface area (TPSA) is 32.3 Å². The van der Waals surface area contributed by atoms with Crippen LogP contribution in [0.5, 0.6) is 0 Å². The van der Waals surface area contributed by atoms with Crippen LogP contribution in [0.3, 0.4) is 0 Å². The second kappa shape index (κ2) is 4.29. The molecule has 1 aromatic rings. The molecule has 0 saturated heterocycles. The molecule has 0 unspecified atom stereocenters. The summed E-state index contributed by atoms with van der Waals surface area (Å²) in [6.07, 6.45) is 0. The van der Waals surface area contributed by atoms with Gasteiger partial charge < -0.3 is 5.11 Å². The summed E-state index contributed by atoms with van der Waals surface area (Å²) in [6, 6.07) is 4.69. The predicted molar refractivity (Wildman–Crippen MR) is 56.6 cm³/mol. The highest BCUT2D eigenvalue weighted by molar-refractivity contribution is 7.97. The maximum Gasteiger partial charge on any atom is 0.129 e. The van der Waals surface area contributed by atoms with Crippen molar-refractivity contribution in [2.45, 2.75) is 24.3 Å². The van der Waals surface area contributed by atoms with Crippen LogP contribution < -0.4 is 4.72 Å². The van der Waals surface area contributed by atoms with Gasteiger partial charge in [-0.05, 0) is 51.0 Å². The normalized spacial score (nSPS) is 11.8. The minimum atomic E-state index is -1.14. The number of nitrogens with one attached hydrogen (secondary N) is 1. The van der Waals surface area contributed by atoms with Crippen LogP contribution >= 0.6 is 11.9 Å². The van der Waals surface area contributed by atoms with E-state index >= 15 is 0 Å². The molecule has 2 nitrogen and oxygen atoms in total. The van der Waals surface area contributed by atoms with Crippen LogP contribution in [0.15, 0.2) is 23.1 Å². The van der Waals surface area contributed by atoms with Crippen molar-refractivity contribution in [2.75, 3.05) is 7.05 Å². The minimum Gasteiger partial charge on any atom is -0.386 e. The third-order valence-electron chi connectivity index (χ3n) is 1.82. The fourth-order valence-corrected chi connectivity index (χ4v) is 1.70. The average Bonchev–Trinajstić information content (AvgIpc) is 2.07. The number of hydrogen-bond acceptors (Lipinski definition) is 3. The Morgan fingerprint density at radius 1 is 1.43 bits per heavy atom. The zero-order chi connectivity index (χ0) is 10.8. The van der Waals surface area contributed by atoms with Crippen LogP contribution in [-0.2, 0) is 5.60 Å². The molecule has 0 aliphatic heterocycles. The summed E-state index contributed by atoms with van der Waals surface area (Å²) in [5.74, 6) is -0.377. The molecule has 0 aliphatic carbocycles. The van der Waals surface area contributed by atoms with E-state index in [-0.39, 0.29) is 5.82 Å². The van der Waals surface area contributed by atoms with Crippen LogP contribution in [0, 0.1) is 5.82 Å². The largest absolute Gasteiger partial charge is 0.386 e. The summed E-state index contributed by atoms with van der Waals surface area (Å²) in [6.45, 7) is 3.14. The first-order valence-corrected chi connectivity index (χ1v) is 5.13. The second-order valence-corrected chi connectivity index (χ2v) is 4.59. The van der Waals surface area contributed by atoms with E-state index in [1.807, 2.05) is 0 Å². The molecule has 0 aliphatic rings. The van der Waals surface area contributed by atoms with Gasteiger partial charge >= 0.3 is 0 Å². The highest BCUT2D eigenvalue weighted by Crippen LogP contribution is 2.26. The van der Waals surface area contributed by atoms with Crippen LogP contribution in [0.2, 0.25) is 0 Å². The molecule has 0 heterocycles. The van der Waals surface area contributed by atoms with Gasteiger partial charge in [-0.25, -0.2) is 4.39 Å². The molecule has 0 radical (unpaired) electrons. The zero-order valence-electron chi connectivity index (χ0n) is 8.47. The van der Waals surface area contributed by atoms with E-state index in [9.17, 15) is 9.50 Å². The summed E-state index contributed by atoms with van der Waals surface area (Å²) in [5.41, 5.74) is -0.827. The number of hydrogen-bond donors (Lipinski definition) is 2. The predicted octanol–water partition coefficient (Wildman–Crippen LogP) is 2.28. The van der Waals surface area contributed by atoms with Gasteiger partial charge in [0.05, 0.1) is 5.60 Å². The smallest absolute Gasteiger partial charge is 0.129 e. The summed E-state index contributed by atoms with van der Waals surface area (Å²) in [5, 5.41) is 9.69.